The summed E-state index contributed by atoms with van der Waals surface area (Å²) < 4.78 is 14.6. The predicted octanol–water partition coefficient (Wildman–Crippen LogP) is 2.03. The van der Waals surface area contributed by atoms with Crippen molar-refractivity contribution < 1.29 is 4.39 Å². The summed E-state index contributed by atoms with van der Waals surface area (Å²) in [5.41, 5.74) is 1.84. The van der Waals surface area contributed by atoms with Gasteiger partial charge in [0, 0.05) is 6.20 Å². The summed E-state index contributed by atoms with van der Waals surface area (Å²) in [4.78, 5) is 0. The molecule has 0 spiro atoms. The van der Waals surface area contributed by atoms with Crippen molar-refractivity contribution in [3.8, 4) is 0 Å². The van der Waals surface area contributed by atoms with E-state index in [2.05, 4.69) is 10.3 Å². The molecule has 1 aromatic heterocycles. The van der Waals surface area contributed by atoms with Crippen LogP contribution in [0.25, 0.3) is 0 Å². The van der Waals surface area contributed by atoms with Gasteiger partial charge in [-0.1, -0.05) is 24.3 Å². The van der Waals surface area contributed by atoms with E-state index in [0.29, 0.717) is 6.54 Å². The Morgan fingerprint density at radius 2 is 2.27 bits per heavy atom. The van der Waals surface area contributed by atoms with Crippen molar-refractivity contribution in [2.45, 2.75) is 19.9 Å². The van der Waals surface area contributed by atoms with Crippen molar-refractivity contribution in [1.29, 1.82) is 0 Å². The van der Waals surface area contributed by atoms with Gasteiger partial charge in [-0.2, -0.15) is 0 Å². The molecule has 78 valence electrons. The minimum absolute atomic E-state index is 0.219. The van der Waals surface area contributed by atoms with Crippen LogP contribution >= 0.6 is 0 Å². The lowest BCUT2D eigenvalue weighted by molar-refractivity contribution is 0.614. The Morgan fingerprint density at radius 3 is 2.93 bits per heavy atom. The van der Waals surface area contributed by atoms with Crippen LogP contribution in [-0.4, -0.2) is 15.0 Å². The number of aromatic nitrogens is 3. The van der Waals surface area contributed by atoms with Crippen molar-refractivity contribution in [2.24, 2.45) is 0 Å². The van der Waals surface area contributed by atoms with Gasteiger partial charge in [0.2, 0.25) is 0 Å². The lowest BCUT2D eigenvalue weighted by Gasteiger charge is -2.00. The molecular weight excluding hydrogens is 193 g/mol. The number of rotatable bonds is 3. The molecule has 0 aliphatic rings. The first-order chi connectivity index (χ1) is 7.28. The van der Waals surface area contributed by atoms with Gasteiger partial charge in [-0.3, -0.25) is 0 Å². The Kier molecular flexibility index (Phi) is 2.76. The zero-order valence-electron chi connectivity index (χ0n) is 8.52. The molecule has 0 amide bonds. The Balaban J connectivity index is 2.14. The fourth-order valence-electron chi connectivity index (χ4n) is 1.40. The van der Waals surface area contributed by atoms with E-state index in [9.17, 15) is 4.39 Å². The third-order valence-corrected chi connectivity index (χ3v) is 2.18. The molecule has 2 aromatic rings. The summed E-state index contributed by atoms with van der Waals surface area (Å²) in [7, 11) is 0. The molecule has 0 saturated heterocycles. The molecule has 0 N–H and O–H groups in total. The zero-order chi connectivity index (χ0) is 10.7. The Bertz CT molecular complexity index is 451. The predicted molar refractivity (Wildman–Crippen MR) is 54.9 cm³/mol. The molecule has 0 unspecified atom stereocenters. The molecule has 4 heteroatoms. The molecule has 1 heterocycles. The van der Waals surface area contributed by atoms with Crippen LogP contribution in [0.5, 0.6) is 0 Å². The Morgan fingerprint density at radius 1 is 1.40 bits per heavy atom. The molecule has 3 nitrogen and oxygen atoms in total. The number of nitrogens with zero attached hydrogens (tertiary/aromatic N) is 3. The number of benzene rings is 1. The summed E-state index contributed by atoms with van der Waals surface area (Å²) in [5, 5.41) is 7.93. The van der Waals surface area contributed by atoms with Crippen LogP contribution in [0.1, 0.15) is 18.2 Å². The third-order valence-electron chi connectivity index (χ3n) is 2.18. The van der Waals surface area contributed by atoms with Gasteiger partial charge in [0.15, 0.2) is 0 Å². The maximum Gasteiger partial charge on any atom is 0.123 e. The highest BCUT2D eigenvalue weighted by Gasteiger charge is 2.00. The molecule has 2 rings (SSSR count). The van der Waals surface area contributed by atoms with Crippen molar-refractivity contribution in [1.82, 2.24) is 15.0 Å². The first-order valence-electron chi connectivity index (χ1n) is 4.91. The van der Waals surface area contributed by atoms with Gasteiger partial charge >= 0.3 is 0 Å². The lowest BCUT2D eigenvalue weighted by Crippen LogP contribution is -2.00. The van der Waals surface area contributed by atoms with Crippen molar-refractivity contribution >= 4 is 0 Å². The average Bonchev–Trinajstić information content (AvgIpc) is 2.65. The van der Waals surface area contributed by atoms with Crippen molar-refractivity contribution in [2.75, 3.05) is 0 Å². The van der Waals surface area contributed by atoms with Crippen LogP contribution in [0.15, 0.2) is 30.5 Å². The summed E-state index contributed by atoms with van der Waals surface area (Å²) in [5.74, 6) is -0.219. The van der Waals surface area contributed by atoms with Gasteiger partial charge in [0.25, 0.3) is 0 Å². The summed E-state index contributed by atoms with van der Waals surface area (Å²) >= 11 is 0. The van der Waals surface area contributed by atoms with Gasteiger partial charge in [-0.05, 0) is 24.1 Å². The minimum Gasteiger partial charge on any atom is -0.248 e. The maximum atomic E-state index is 12.9. The van der Waals surface area contributed by atoms with E-state index < -0.39 is 0 Å². The summed E-state index contributed by atoms with van der Waals surface area (Å²) in [6.45, 7) is 2.58. The lowest BCUT2D eigenvalue weighted by atomic mass is 10.2. The number of hydrogen-bond donors (Lipinski definition) is 0. The average molecular weight is 205 g/mol. The van der Waals surface area contributed by atoms with Gasteiger partial charge in [-0.15, -0.1) is 5.10 Å². The second kappa shape index (κ2) is 4.21. The topological polar surface area (TPSA) is 30.7 Å². The monoisotopic (exact) mass is 205 g/mol. The SMILES string of the molecule is CCc1cn(Cc2cccc(F)c2)nn1. The smallest absolute Gasteiger partial charge is 0.123 e. The highest BCUT2D eigenvalue weighted by Crippen LogP contribution is 2.05. The molecule has 0 fully saturated rings. The van der Waals surface area contributed by atoms with Crippen LogP contribution in [0.3, 0.4) is 0 Å². The number of aryl methyl sites for hydroxylation is 1. The van der Waals surface area contributed by atoms with Gasteiger partial charge < -0.3 is 0 Å². The Hall–Kier alpha value is -1.71. The van der Waals surface area contributed by atoms with Crippen LogP contribution in [-0.2, 0) is 13.0 Å². The second-order valence-corrected chi connectivity index (χ2v) is 3.39. The molecule has 0 aliphatic heterocycles. The molecule has 0 saturated carbocycles. The van der Waals surface area contributed by atoms with E-state index in [1.165, 1.54) is 12.1 Å². The maximum absolute atomic E-state index is 12.9. The van der Waals surface area contributed by atoms with E-state index in [0.717, 1.165) is 17.7 Å². The summed E-state index contributed by atoms with van der Waals surface area (Å²) in [6.07, 6.45) is 2.74. The van der Waals surface area contributed by atoms with E-state index in [1.807, 2.05) is 19.2 Å². The molecule has 1 aromatic carbocycles. The highest BCUT2D eigenvalue weighted by atomic mass is 19.1. The fourth-order valence-corrected chi connectivity index (χ4v) is 1.40. The van der Waals surface area contributed by atoms with E-state index >= 15 is 0 Å². The fraction of sp³-hybridized carbons (Fsp3) is 0.273. The van der Waals surface area contributed by atoms with Crippen molar-refractivity contribution in [3.05, 3.63) is 47.5 Å². The van der Waals surface area contributed by atoms with E-state index in [1.54, 1.807) is 10.7 Å². The van der Waals surface area contributed by atoms with Gasteiger partial charge in [0.1, 0.15) is 5.82 Å². The first kappa shape index (κ1) is 9.83. The second-order valence-electron chi connectivity index (χ2n) is 3.39. The van der Waals surface area contributed by atoms with Crippen LogP contribution < -0.4 is 0 Å². The van der Waals surface area contributed by atoms with Crippen LogP contribution in [0.2, 0.25) is 0 Å². The van der Waals surface area contributed by atoms with Crippen molar-refractivity contribution in [3.63, 3.8) is 0 Å². The standard InChI is InChI=1S/C11H12FN3/c1-2-11-8-15(14-13-11)7-9-4-3-5-10(12)6-9/h3-6,8H,2,7H2,1H3. The normalized spacial score (nSPS) is 10.5. The molecule has 15 heavy (non-hydrogen) atoms. The zero-order valence-corrected chi connectivity index (χ0v) is 8.52. The van der Waals surface area contributed by atoms with Crippen LogP contribution in [0.4, 0.5) is 4.39 Å². The Labute approximate surface area is 87.5 Å². The molecule has 0 atom stereocenters. The van der Waals surface area contributed by atoms with Crippen LogP contribution in [0, 0.1) is 5.82 Å². The molecule has 0 radical (unpaired) electrons. The highest BCUT2D eigenvalue weighted by molar-refractivity contribution is 5.16. The van der Waals surface area contributed by atoms with E-state index in [-0.39, 0.29) is 5.82 Å². The molecular formula is C11H12FN3. The first-order valence-corrected chi connectivity index (χ1v) is 4.91. The third kappa shape index (κ3) is 2.40. The molecule has 0 aliphatic carbocycles. The van der Waals surface area contributed by atoms with Gasteiger partial charge in [-0.25, -0.2) is 9.07 Å². The van der Waals surface area contributed by atoms with Gasteiger partial charge in [0.05, 0.1) is 12.2 Å². The summed E-state index contributed by atoms with van der Waals surface area (Å²) in [6, 6.07) is 6.51. The minimum atomic E-state index is -0.219. The number of hydrogen-bond acceptors (Lipinski definition) is 2. The quantitative estimate of drug-likeness (QED) is 0.767. The largest absolute Gasteiger partial charge is 0.248 e. The van der Waals surface area contributed by atoms with E-state index in [4.69, 9.17) is 0 Å². The number of halogens is 1. The molecule has 0 bridgehead atoms.